The molecule has 1 aliphatic carbocycles. The molecule has 0 bridgehead atoms. The number of hydrogen-bond acceptors (Lipinski definition) is 4. The maximum absolute atomic E-state index is 12.5. The van der Waals surface area contributed by atoms with Gasteiger partial charge < -0.3 is 10.3 Å². The first-order chi connectivity index (χ1) is 9.04. The predicted octanol–water partition coefficient (Wildman–Crippen LogP) is 3.01. The van der Waals surface area contributed by atoms with Crippen molar-refractivity contribution in [1.29, 1.82) is 0 Å². The van der Waals surface area contributed by atoms with Crippen molar-refractivity contribution in [3.05, 3.63) is 11.7 Å². The smallest absolute Gasteiger partial charge is 0.338 e. The average Bonchev–Trinajstić information content (AvgIpc) is 2.83. The number of alkyl halides is 6. The van der Waals surface area contributed by atoms with Crippen LogP contribution in [0, 0.1) is 0 Å². The molecule has 1 aromatic rings. The summed E-state index contributed by atoms with van der Waals surface area (Å²) in [7, 11) is 0. The van der Waals surface area contributed by atoms with Gasteiger partial charge in [0.25, 0.3) is 0 Å². The molecule has 114 valence electrons. The molecule has 0 unspecified atom stereocenters. The van der Waals surface area contributed by atoms with Crippen LogP contribution in [0.15, 0.2) is 4.52 Å². The van der Waals surface area contributed by atoms with E-state index in [1.807, 2.05) is 0 Å². The molecule has 1 aliphatic rings. The molecule has 0 radical (unpaired) electrons. The molecule has 0 amide bonds. The van der Waals surface area contributed by atoms with Crippen LogP contribution in [0.25, 0.3) is 0 Å². The molecule has 0 aliphatic heterocycles. The van der Waals surface area contributed by atoms with Crippen LogP contribution in [0.5, 0.6) is 0 Å². The van der Waals surface area contributed by atoms with Gasteiger partial charge >= 0.3 is 12.4 Å². The third-order valence-electron chi connectivity index (χ3n) is 3.28. The van der Waals surface area contributed by atoms with Crippen molar-refractivity contribution in [3.63, 3.8) is 0 Å². The summed E-state index contributed by atoms with van der Waals surface area (Å²) in [5.41, 5.74) is 4.76. The molecular formula is C10H11F6N3O. The lowest BCUT2D eigenvalue weighted by Gasteiger charge is -2.20. The molecule has 0 aromatic carbocycles. The average molecular weight is 303 g/mol. The van der Waals surface area contributed by atoms with Crippen molar-refractivity contribution in [2.24, 2.45) is 5.73 Å². The van der Waals surface area contributed by atoms with Crippen LogP contribution in [0.2, 0.25) is 0 Å². The lowest BCUT2D eigenvalue weighted by molar-refractivity contribution is -0.259. The van der Waals surface area contributed by atoms with E-state index in [0.717, 1.165) is 0 Å². The molecule has 0 atom stereocenters. The Morgan fingerprint density at radius 1 is 1.05 bits per heavy atom. The zero-order valence-electron chi connectivity index (χ0n) is 10.1. The van der Waals surface area contributed by atoms with Crippen LogP contribution in [0.4, 0.5) is 26.3 Å². The topological polar surface area (TPSA) is 64.9 Å². The van der Waals surface area contributed by atoms with Crippen molar-refractivity contribution in [2.45, 2.75) is 49.5 Å². The van der Waals surface area contributed by atoms with Crippen molar-refractivity contribution in [3.8, 4) is 0 Å². The summed E-state index contributed by atoms with van der Waals surface area (Å²) < 4.78 is 79.2. The highest BCUT2D eigenvalue weighted by Gasteiger charge is 2.61. The van der Waals surface area contributed by atoms with Gasteiger partial charge in [-0.3, -0.25) is 0 Å². The Morgan fingerprint density at radius 3 is 2.00 bits per heavy atom. The fraction of sp³-hybridized carbons (Fsp3) is 0.800. The van der Waals surface area contributed by atoms with Crippen molar-refractivity contribution in [2.75, 3.05) is 0 Å². The first-order valence-electron chi connectivity index (χ1n) is 5.80. The van der Waals surface area contributed by atoms with E-state index in [1.165, 1.54) is 0 Å². The number of aromatic nitrogens is 2. The molecule has 0 spiro atoms. The van der Waals surface area contributed by atoms with Gasteiger partial charge in [0.2, 0.25) is 11.8 Å². The summed E-state index contributed by atoms with van der Waals surface area (Å²) in [5.74, 6) is -5.61. The molecule has 1 aromatic heterocycles. The molecule has 1 saturated carbocycles. The van der Waals surface area contributed by atoms with Crippen molar-refractivity contribution < 1.29 is 30.9 Å². The summed E-state index contributed by atoms with van der Waals surface area (Å²) in [4.78, 5) is 3.25. The Kier molecular flexibility index (Phi) is 3.47. The number of halogens is 6. The van der Waals surface area contributed by atoms with Crippen LogP contribution in [-0.4, -0.2) is 22.5 Å². The summed E-state index contributed by atoms with van der Waals surface area (Å²) in [5, 5.41) is 3.21. The molecule has 4 nitrogen and oxygen atoms in total. The summed E-state index contributed by atoms with van der Waals surface area (Å²) in [6, 6.07) is 0. The monoisotopic (exact) mass is 303 g/mol. The van der Waals surface area contributed by atoms with Crippen molar-refractivity contribution in [1.82, 2.24) is 10.1 Å². The van der Waals surface area contributed by atoms with Crippen LogP contribution >= 0.6 is 0 Å². The predicted molar refractivity (Wildman–Crippen MR) is 53.5 cm³/mol. The van der Waals surface area contributed by atoms with Gasteiger partial charge in [0.15, 0.2) is 5.82 Å². The molecule has 1 fully saturated rings. The fourth-order valence-corrected chi connectivity index (χ4v) is 2.25. The Labute approximate surface area is 109 Å². The van der Waals surface area contributed by atoms with Gasteiger partial charge in [-0.25, -0.2) is 0 Å². The van der Waals surface area contributed by atoms with Crippen LogP contribution in [-0.2, 0) is 5.54 Å². The molecule has 20 heavy (non-hydrogen) atoms. The van der Waals surface area contributed by atoms with Crippen LogP contribution in [0.3, 0.4) is 0 Å². The first-order valence-corrected chi connectivity index (χ1v) is 5.80. The number of rotatable bonds is 2. The van der Waals surface area contributed by atoms with Gasteiger partial charge in [-0.2, -0.15) is 31.3 Å². The molecule has 0 saturated heterocycles. The molecule has 2 rings (SSSR count). The van der Waals surface area contributed by atoms with E-state index < -0.39 is 29.7 Å². The highest BCUT2D eigenvalue weighted by molar-refractivity contribution is 5.10. The van der Waals surface area contributed by atoms with E-state index >= 15 is 0 Å². The minimum atomic E-state index is -5.56. The number of hydrogen-bond donors (Lipinski definition) is 1. The van der Waals surface area contributed by atoms with Gasteiger partial charge in [-0.1, -0.05) is 18.0 Å². The lowest BCUT2D eigenvalue weighted by atomic mass is 9.98. The van der Waals surface area contributed by atoms with Gasteiger partial charge in [-0.15, -0.1) is 0 Å². The normalized spacial score (nSPS) is 19.8. The first kappa shape index (κ1) is 15.1. The third kappa shape index (κ3) is 2.74. The molecule has 10 heteroatoms. The number of nitrogens with zero attached hydrogens (tertiary/aromatic N) is 2. The molecule has 1 heterocycles. The SMILES string of the molecule is NC1(c2noc(C(C(F)(F)F)C(F)(F)F)n2)CCCC1. The zero-order valence-corrected chi connectivity index (χ0v) is 10.1. The van der Waals surface area contributed by atoms with E-state index in [-0.39, 0.29) is 5.82 Å². The minimum absolute atomic E-state index is 0.302. The maximum Gasteiger partial charge on any atom is 0.409 e. The highest BCUT2D eigenvalue weighted by atomic mass is 19.4. The van der Waals surface area contributed by atoms with Crippen LogP contribution in [0.1, 0.15) is 43.3 Å². The summed E-state index contributed by atoms with van der Waals surface area (Å²) in [6.45, 7) is 0. The molecular weight excluding hydrogens is 292 g/mol. The van der Waals surface area contributed by atoms with Gasteiger partial charge in [0, 0.05) is 0 Å². The van der Waals surface area contributed by atoms with E-state index in [0.29, 0.717) is 25.7 Å². The summed E-state index contributed by atoms with van der Waals surface area (Å²) in [6.07, 6.45) is -8.90. The second-order valence-corrected chi connectivity index (χ2v) is 4.84. The van der Waals surface area contributed by atoms with Gasteiger partial charge in [-0.05, 0) is 12.8 Å². The Hall–Kier alpha value is -1.32. The Bertz CT molecular complexity index is 460. The second kappa shape index (κ2) is 4.61. The quantitative estimate of drug-likeness (QED) is 0.853. The van der Waals surface area contributed by atoms with Gasteiger partial charge in [0.1, 0.15) is 0 Å². The van der Waals surface area contributed by atoms with E-state index in [2.05, 4.69) is 14.7 Å². The zero-order chi connectivity index (χ0) is 15.2. The van der Waals surface area contributed by atoms with Crippen molar-refractivity contribution >= 4 is 0 Å². The molecule has 2 N–H and O–H groups in total. The van der Waals surface area contributed by atoms with Crippen LogP contribution < -0.4 is 5.73 Å². The van der Waals surface area contributed by atoms with E-state index in [1.54, 1.807) is 0 Å². The Balaban J connectivity index is 2.35. The van der Waals surface area contributed by atoms with Gasteiger partial charge in [0.05, 0.1) is 5.54 Å². The number of nitrogens with two attached hydrogens (primary N) is 1. The highest BCUT2D eigenvalue weighted by Crippen LogP contribution is 2.46. The Morgan fingerprint density at radius 2 is 1.55 bits per heavy atom. The lowest BCUT2D eigenvalue weighted by Crippen LogP contribution is -2.36. The fourth-order valence-electron chi connectivity index (χ4n) is 2.25. The largest absolute Gasteiger partial charge is 0.409 e. The third-order valence-corrected chi connectivity index (χ3v) is 3.28. The van der Waals surface area contributed by atoms with E-state index in [9.17, 15) is 26.3 Å². The summed E-state index contributed by atoms with van der Waals surface area (Å²) >= 11 is 0. The maximum atomic E-state index is 12.5. The standard InChI is InChI=1S/C10H11F6N3O/c11-9(12,13)5(10(14,15)16)6-18-7(19-20-6)8(17)3-1-2-4-8/h5H,1-4,17H2. The minimum Gasteiger partial charge on any atom is -0.338 e. The second-order valence-electron chi connectivity index (χ2n) is 4.84. The van der Waals surface area contributed by atoms with E-state index in [4.69, 9.17) is 5.73 Å².